The second kappa shape index (κ2) is 13.9. The molecule has 0 aliphatic heterocycles. The van der Waals surface area contributed by atoms with E-state index >= 15 is 0 Å². The fraction of sp³-hybridized carbons (Fsp3) is 0.654. The third-order valence-corrected chi connectivity index (χ3v) is 5.75. The van der Waals surface area contributed by atoms with Gasteiger partial charge < -0.3 is 14.2 Å². The van der Waals surface area contributed by atoms with Crippen LogP contribution < -0.4 is 0 Å². The first-order valence-corrected chi connectivity index (χ1v) is 11.5. The molecule has 0 N–H and O–H groups in total. The summed E-state index contributed by atoms with van der Waals surface area (Å²) in [6.07, 6.45) is 8.92. The van der Waals surface area contributed by atoms with Crippen molar-refractivity contribution in [2.75, 3.05) is 6.61 Å². The lowest BCUT2D eigenvalue weighted by Crippen LogP contribution is -2.44. The first-order chi connectivity index (χ1) is 15.0. The van der Waals surface area contributed by atoms with Gasteiger partial charge in [0.25, 0.3) is 0 Å². The lowest BCUT2D eigenvalue weighted by Gasteiger charge is -2.37. The zero-order valence-electron chi connectivity index (χ0n) is 20.7. The molecule has 0 saturated carbocycles. The molecule has 0 radical (unpaired) electrons. The lowest BCUT2D eigenvalue weighted by molar-refractivity contribution is -0.169. The molecule has 32 heavy (non-hydrogen) atoms. The molecule has 4 atom stereocenters. The highest BCUT2D eigenvalue weighted by atomic mass is 16.6. The standard InChI is InChI=1S/C26H40O6/c1-17(2)10-8-12-19(4)24-15-14-18(3)11-9-13-23(16-30-20(5)27)25(31-21(6)28)26(24)32-22(7)29/h10-11,13,19,24-26H,8-9,12,14-16H2,1-7H3. The molecule has 0 amide bonds. The summed E-state index contributed by atoms with van der Waals surface area (Å²) in [5.41, 5.74) is 3.15. The molecule has 0 spiro atoms. The molecule has 0 aromatic carbocycles. The van der Waals surface area contributed by atoms with E-state index in [4.69, 9.17) is 14.2 Å². The Morgan fingerprint density at radius 3 is 2.25 bits per heavy atom. The van der Waals surface area contributed by atoms with E-state index in [1.165, 1.54) is 31.9 Å². The van der Waals surface area contributed by atoms with Crippen LogP contribution in [-0.2, 0) is 28.6 Å². The lowest BCUT2D eigenvalue weighted by atomic mass is 9.77. The van der Waals surface area contributed by atoms with Crippen molar-refractivity contribution in [2.45, 2.75) is 92.8 Å². The predicted octanol–water partition coefficient (Wildman–Crippen LogP) is 5.47. The van der Waals surface area contributed by atoms with Crippen molar-refractivity contribution in [2.24, 2.45) is 11.8 Å². The highest BCUT2D eigenvalue weighted by Gasteiger charge is 2.39. The smallest absolute Gasteiger partial charge is 0.303 e. The molecule has 1 rings (SSSR count). The molecule has 4 unspecified atom stereocenters. The summed E-state index contributed by atoms with van der Waals surface area (Å²) in [7, 11) is 0. The highest BCUT2D eigenvalue weighted by molar-refractivity contribution is 5.68. The molecular formula is C26H40O6. The van der Waals surface area contributed by atoms with Gasteiger partial charge in [-0.1, -0.05) is 36.3 Å². The summed E-state index contributed by atoms with van der Waals surface area (Å²) < 4.78 is 16.8. The van der Waals surface area contributed by atoms with Gasteiger partial charge in [-0.15, -0.1) is 0 Å². The van der Waals surface area contributed by atoms with Crippen LogP contribution in [0, 0.1) is 11.8 Å². The number of esters is 3. The maximum absolute atomic E-state index is 12.1. The van der Waals surface area contributed by atoms with E-state index in [9.17, 15) is 14.4 Å². The summed E-state index contributed by atoms with van der Waals surface area (Å²) in [5, 5.41) is 0. The Hall–Kier alpha value is -2.37. The van der Waals surface area contributed by atoms with Crippen molar-refractivity contribution in [1.82, 2.24) is 0 Å². The molecule has 0 aromatic heterocycles. The maximum atomic E-state index is 12.1. The van der Waals surface area contributed by atoms with Crippen LogP contribution in [0.4, 0.5) is 0 Å². The summed E-state index contributed by atoms with van der Waals surface area (Å²) in [5.74, 6) is -1.14. The monoisotopic (exact) mass is 448 g/mol. The van der Waals surface area contributed by atoms with Gasteiger partial charge in [-0.2, -0.15) is 0 Å². The Morgan fingerprint density at radius 1 is 1.03 bits per heavy atom. The Balaban J connectivity index is 3.44. The van der Waals surface area contributed by atoms with Gasteiger partial charge in [0.2, 0.25) is 0 Å². The summed E-state index contributed by atoms with van der Waals surface area (Å²) >= 11 is 0. The van der Waals surface area contributed by atoms with Crippen molar-refractivity contribution in [3.05, 3.63) is 34.9 Å². The number of rotatable bonds is 8. The van der Waals surface area contributed by atoms with Gasteiger partial charge >= 0.3 is 17.9 Å². The second-order valence-corrected chi connectivity index (χ2v) is 8.99. The number of ether oxygens (including phenoxy) is 3. The third kappa shape index (κ3) is 10.3. The van der Waals surface area contributed by atoms with Crippen LogP contribution in [0.3, 0.4) is 0 Å². The number of hydrogen-bond donors (Lipinski definition) is 0. The quantitative estimate of drug-likeness (QED) is 0.278. The van der Waals surface area contributed by atoms with Crippen LogP contribution in [0.5, 0.6) is 0 Å². The Morgan fingerprint density at radius 2 is 1.69 bits per heavy atom. The molecule has 180 valence electrons. The first-order valence-electron chi connectivity index (χ1n) is 11.5. The molecule has 0 heterocycles. The zero-order chi connectivity index (χ0) is 24.3. The van der Waals surface area contributed by atoms with E-state index in [2.05, 4.69) is 39.8 Å². The van der Waals surface area contributed by atoms with Crippen LogP contribution in [0.2, 0.25) is 0 Å². The van der Waals surface area contributed by atoms with Crippen molar-refractivity contribution in [3.63, 3.8) is 0 Å². The largest absolute Gasteiger partial charge is 0.461 e. The van der Waals surface area contributed by atoms with Crippen LogP contribution in [0.15, 0.2) is 34.9 Å². The van der Waals surface area contributed by atoms with Crippen LogP contribution >= 0.6 is 0 Å². The van der Waals surface area contributed by atoms with Crippen LogP contribution in [0.1, 0.15) is 80.6 Å². The van der Waals surface area contributed by atoms with Gasteiger partial charge in [-0.05, 0) is 58.8 Å². The molecule has 6 nitrogen and oxygen atoms in total. The van der Waals surface area contributed by atoms with Crippen molar-refractivity contribution in [3.8, 4) is 0 Å². The van der Waals surface area contributed by atoms with E-state index in [0.717, 1.165) is 25.7 Å². The van der Waals surface area contributed by atoms with Gasteiger partial charge in [0.1, 0.15) is 12.7 Å². The van der Waals surface area contributed by atoms with E-state index in [1.807, 2.05) is 6.08 Å². The Bertz CT molecular complexity index is 741. The molecule has 0 fully saturated rings. The molecule has 6 heteroatoms. The van der Waals surface area contributed by atoms with E-state index in [0.29, 0.717) is 12.0 Å². The normalized spacial score (nSPS) is 22.5. The Kier molecular flexibility index (Phi) is 12.0. The van der Waals surface area contributed by atoms with Crippen molar-refractivity contribution < 1.29 is 28.6 Å². The van der Waals surface area contributed by atoms with Gasteiger partial charge in [0.15, 0.2) is 6.10 Å². The molecule has 1 aliphatic rings. The zero-order valence-corrected chi connectivity index (χ0v) is 20.7. The first kappa shape index (κ1) is 27.7. The second-order valence-electron chi connectivity index (χ2n) is 8.99. The number of carbonyl (C=O) groups is 3. The van der Waals surface area contributed by atoms with E-state index in [-0.39, 0.29) is 18.4 Å². The number of carbonyl (C=O) groups excluding carboxylic acids is 3. The number of hydrogen-bond acceptors (Lipinski definition) is 6. The minimum atomic E-state index is -0.807. The average molecular weight is 449 g/mol. The molecular weight excluding hydrogens is 408 g/mol. The summed E-state index contributed by atoms with van der Waals surface area (Å²) in [4.78, 5) is 35.6. The van der Waals surface area contributed by atoms with Gasteiger partial charge in [-0.3, -0.25) is 14.4 Å². The number of allylic oxidation sites excluding steroid dienone is 5. The average Bonchev–Trinajstić information content (AvgIpc) is 2.67. The fourth-order valence-corrected chi connectivity index (χ4v) is 4.07. The maximum Gasteiger partial charge on any atom is 0.303 e. The van der Waals surface area contributed by atoms with Crippen LogP contribution in [0.25, 0.3) is 0 Å². The molecule has 1 aliphatic carbocycles. The summed E-state index contributed by atoms with van der Waals surface area (Å²) in [6.45, 7) is 12.4. The minimum Gasteiger partial charge on any atom is -0.461 e. The third-order valence-electron chi connectivity index (χ3n) is 5.75. The van der Waals surface area contributed by atoms with Gasteiger partial charge in [0.05, 0.1) is 0 Å². The Labute approximate surface area is 193 Å². The predicted molar refractivity (Wildman–Crippen MR) is 125 cm³/mol. The van der Waals surface area contributed by atoms with E-state index in [1.54, 1.807) is 0 Å². The topological polar surface area (TPSA) is 78.9 Å². The molecule has 0 aromatic rings. The summed E-state index contributed by atoms with van der Waals surface area (Å²) in [6, 6.07) is 0. The highest BCUT2D eigenvalue weighted by Crippen LogP contribution is 2.34. The van der Waals surface area contributed by atoms with Crippen LogP contribution in [-0.4, -0.2) is 36.7 Å². The van der Waals surface area contributed by atoms with Crippen molar-refractivity contribution in [1.29, 1.82) is 0 Å². The fourth-order valence-electron chi connectivity index (χ4n) is 4.07. The molecule has 0 bridgehead atoms. The van der Waals surface area contributed by atoms with Gasteiger partial charge in [-0.25, -0.2) is 0 Å². The minimum absolute atomic E-state index is 0.0171. The van der Waals surface area contributed by atoms with Gasteiger partial charge in [0, 0.05) is 32.3 Å². The van der Waals surface area contributed by atoms with Crippen molar-refractivity contribution >= 4 is 17.9 Å². The van der Waals surface area contributed by atoms with E-state index < -0.39 is 30.1 Å². The SMILES string of the molecule is CC(=O)OCC1=CCC=C(C)CCC(C(C)CCC=C(C)C)C(OC(C)=O)C1OC(C)=O. The molecule has 0 saturated heterocycles.